The molecule has 0 saturated carbocycles. The van der Waals surface area contributed by atoms with Gasteiger partial charge in [0.1, 0.15) is 17.3 Å². The Morgan fingerprint density at radius 1 is 1.23 bits per heavy atom. The van der Waals surface area contributed by atoms with Gasteiger partial charge >= 0.3 is 0 Å². The van der Waals surface area contributed by atoms with Gasteiger partial charge < -0.3 is 14.4 Å². The smallest absolute Gasteiger partial charge is 0.269 e. The molecule has 0 unspecified atom stereocenters. The minimum absolute atomic E-state index is 0.0616. The lowest BCUT2D eigenvalue weighted by Gasteiger charge is -2.30. The number of nitro benzene ring substituents is 1. The quantitative estimate of drug-likeness (QED) is 0.401. The number of non-ortho nitro benzene ring substituents is 1. The van der Waals surface area contributed by atoms with Crippen molar-refractivity contribution in [1.29, 1.82) is 0 Å². The predicted molar refractivity (Wildman–Crippen MR) is 106 cm³/mol. The molecule has 0 amide bonds. The molecule has 1 fully saturated rings. The van der Waals surface area contributed by atoms with Crippen molar-refractivity contribution in [2.45, 2.75) is 6.61 Å². The van der Waals surface area contributed by atoms with E-state index in [-0.39, 0.29) is 5.69 Å². The third kappa shape index (κ3) is 4.57. The van der Waals surface area contributed by atoms with Crippen molar-refractivity contribution in [3.8, 4) is 5.75 Å². The van der Waals surface area contributed by atoms with E-state index in [2.05, 4.69) is 20.8 Å². The van der Waals surface area contributed by atoms with Gasteiger partial charge in [-0.2, -0.15) is 0 Å². The molecule has 1 heterocycles. The highest BCUT2D eigenvalue weighted by Gasteiger charge is 2.19. The van der Waals surface area contributed by atoms with Crippen LogP contribution in [0.1, 0.15) is 11.1 Å². The van der Waals surface area contributed by atoms with Crippen LogP contribution in [0.25, 0.3) is 0 Å². The Kier molecular flexibility index (Phi) is 6.18. The maximum atomic E-state index is 10.7. The van der Waals surface area contributed by atoms with Crippen LogP contribution in [0.5, 0.6) is 5.75 Å². The minimum atomic E-state index is -0.418. The summed E-state index contributed by atoms with van der Waals surface area (Å²) in [5.74, 6) is 0.683. The Hall–Kier alpha value is -2.03. The summed E-state index contributed by atoms with van der Waals surface area (Å²) in [6, 6.07) is 12.0. The van der Waals surface area contributed by atoms with Crippen LogP contribution in [0.2, 0.25) is 0 Å². The first kappa shape index (κ1) is 18.8. The Balaban J connectivity index is 1.75. The molecule has 136 valence electrons. The zero-order valence-corrected chi connectivity index (χ0v) is 16.3. The maximum Gasteiger partial charge on any atom is 0.269 e. The number of morpholine rings is 1. The molecule has 0 aromatic heterocycles. The average Bonchev–Trinajstić information content (AvgIpc) is 2.67. The zero-order valence-electron chi connectivity index (χ0n) is 13.9. The highest BCUT2D eigenvalue weighted by Crippen LogP contribution is 2.27. The second-order valence-corrected chi connectivity index (χ2v) is 7.06. The van der Waals surface area contributed by atoms with E-state index in [4.69, 9.17) is 21.7 Å². The van der Waals surface area contributed by atoms with Crippen molar-refractivity contribution in [1.82, 2.24) is 4.90 Å². The van der Waals surface area contributed by atoms with Gasteiger partial charge in [0.25, 0.3) is 5.69 Å². The molecule has 1 aliphatic rings. The molecular formula is C18H17BrN2O4S. The highest BCUT2D eigenvalue weighted by atomic mass is 79.9. The number of hydrogen-bond acceptors (Lipinski definition) is 5. The number of nitro groups is 1. The molecule has 3 rings (SSSR count). The SMILES string of the molecule is O=[N+]([O-])c1ccc(COc2ccc(Br)cc2C(=S)N2CCOCC2)cc1. The number of thiocarbonyl (C=S) groups is 1. The topological polar surface area (TPSA) is 64.8 Å². The van der Waals surface area contributed by atoms with Crippen molar-refractivity contribution in [3.05, 3.63) is 68.2 Å². The van der Waals surface area contributed by atoms with Crippen LogP contribution in [-0.4, -0.2) is 41.1 Å². The first-order chi connectivity index (χ1) is 12.5. The summed E-state index contributed by atoms with van der Waals surface area (Å²) in [5, 5.41) is 10.7. The Morgan fingerprint density at radius 2 is 1.92 bits per heavy atom. The van der Waals surface area contributed by atoms with E-state index in [1.54, 1.807) is 12.1 Å². The van der Waals surface area contributed by atoms with Crippen LogP contribution >= 0.6 is 28.1 Å². The third-order valence-corrected chi connectivity index (χ3v) is 4.98. The van der Waals surface area contributed by atoms with Crippen molar-refractivity contribution < 1.29 is 14.4 Å². The van der Waals surface area contributed by atoms with Crippen LogP contribution < -0.4 is 4.74 Å². The first-order valence-corrected chi connectivity index (χ1v) is 9.27. The Bertz CT molecular complexity index is 807. The molecule has 2 aromatic carbocycles. The van der Waals surface area contributed by atoms with Gasteiger partial charge in [-0.3, -0.25) is 10.1 Å². The third-order valence-electron chi connectivity index (χ3n) is 4.01. The Morgan fingerprint density at radius 3 is 2.58 bits per heavy atom. The number of nitrogens with zero attached hydrogens (tertiary/aromatic N) is 2. The zero-order chi connectivity index (χ0) is 18.5. The Labute approximate surface area is 165 Å². The van der Waals surface area contributed by atoms with E-state index in [9.17, 15) is 10.1 Å². The lowest BCUT2D eigenvalue weighted by Crippen LogP contribution is -2.40. The van der Waals surface area contributed by atoms with Gasteiger partial charge in [-0.25, -0.2) is 0 Å². The molecular weight excluding hydrogens is 420 g/mol. The fourth-order valence-corrected chi connectivity index (χ4v) is 3.31. The van der Waals surface area contributed by atoms with E-state index < -0.39 is 4.92 Å². The van der Waals surface area contributed by atoms with Crippen molar-refractivity contribution in [2.75, 3.05) is 26.3 Å². The predicted octanol–water partition coefficient (Wildman–Crippen LogP) is 3.94. The van der Waals surface area contributed by atoms with Gasteiger partial charge in [0.05, 0.1) is 23.7 Å². The molecule has 1 aliphatic heterocycles. The normalized spacial score (nSPS) is 14.1. The van der Waals surface area contributed by atoms with Crippen LogP contribution in [0.3, 0.4) is 0 Å². The van der Waals surface area contributed by atoms with Gasteiger partial charge in [-0.15, -0.1) is 0 Å². The molecule has 0 bridgehead atoms. The molecule has 8 heteroatoms. The molecule has 1 saturated heterocycles. The fourth-order valence-electron chi connectivity index (χ4n) is 2.61. The summed E-state index contributed by atoms with van der Waals surface area (Å²) in [6.45, 7) is 3.14. The number of halogens is 1. The largest absolute Gasteiger partial charge is 0.488 e. The second-order valence-electron chi connectivity index (χ2n) is 5.76. The molecule has 6 nitrogen and oxygen atoms in total. The number of ether oxygens (including phenoxy) is 2. The van der Waals surface area contributed by atoms with Crippen molar-refractivity contribution in [3.63, 3.8) is 0 Å². The van der Waals surface area contributed by atoms with Crippen molar-refractivity contribution in [2.24, 2.45) is 0 Å². The molecule has 0 N–H and O–H groups in total. The van der Waals surface area contributed by atoms with Gasteiger partial charge in [-0.05, 0) is 35.9 Å². The van der Waals surface area contributed by atoms with E-state index in [0.29, 0.717) is 25.6 Å². The summed E-state index contributed by atoms with van der Waals surface area (Å²) in [7, 11) is 0. The van der Waals surface area contributed by atoms with Crippen molar-refractivity contribution >= 4 is 38.8 Å². The maximum absolute atomic E-state index is 10.7. The monoisotopic (exact) mass is 436 g/mol. The number of rotatable bonds is 5. The highest BCUT2D eigenvalue weighted by molar-refractivity contribution is 9.10. The molecule has 0 radical (unpaired) electrons. The fraction of sp³-hybridized carbons (Fsp3) is 0.278. The summed E-state index contributed by atoms with van der Waals surface area (Å²) < 4.78 is 12.3. The molecule has 0 aliphatic carbocycles. The van der Waals surface area contributed by atoms with Gasteiger partial charge in [0.15, 0.2) is 0 Å². The van der Waals surface area contributed by atoms with Crippen LogP contribution in [0.15, 0.2) is 46.9 Å². The standard InChI is InChI=1S/C18H17BrN2O4S/c19-14-3-6-17(16(11-14)18(26)20-7-9-24-10-8-20)25-12-13-1-4-15(5-2-13)21(22)23/h1-6,11H,7-10,12H2. The van der Waals surface area contributed by atoms with E-state index in [1.807, 2.05) is 18.2 Å². The van der Waals surface area contributed by atoms with E-state index >= 15 is 0 Å². The molecule has 26 heavy (non-hydrogen) atoms. The average molecular weight is 437 g/mol. The molecule has 2 aromatic rings. The summed E-state index contributed by atoms with van der Waals surface area (Å²) in [6.07, 6.45) is 0. The van der Waals surface area contributed by atoms with E-state index in [1.165, 1.54) is 12.1 Å². The summed E-state index contributed by atoms with van der Waals surface area (Å²) >= 11 is 9.14. The van der Waals surface area contributed by atoms with Crippen LogP contribution in [0.4, 0.5) is 5.69 Å². The molecule has 0 atom stereocenters. The minimum Gasteiger partial charge on any atom is -0.488 e. The van der Waals surface area contributed by atoms with E-state index in [0.717, 1.165) is 33.7 Å². The number of benzene rings is 2. The molecule has 0 spiro atoms. The lowest BCUT2D eigenvalue weighted by molar-refractivity contribution is -0.384. The van der Waals surface area contributed by atoms with Gasteiger partial charge in [-0.1, -0.05) is 28.1 Å². The van der Waals surface area contributed by atoms with Gasteiger partial charge in [0, 0.05) is 29.7 Å². The van der Waals surface area contributed by atoms with Gasteiger partial charge in [0.2, 0.25) is 0 Å². The first-order valence-electron chi connectivity index (χ1n) is 8.07. The second kappa shape index (κ2) is 8.57. The summed E-state index contributed by atoms with van der Waals surface area (Å²) in [4.78, 5) is 13.2. The number of hydrogen-bond donors (Lipinski definition) is 0. The lowest BCUT2D eigenvalue weighted by atomic mass is 10.1. The summed E-state index contributed by atoms with van der Waals surface area (Å²) in [5.41, 5.74) is 1.76. The van der Waals surface area contributed by atoms with Crippen LogP contribution in [-0.2, 0) is 11.3 Å². The van der Waals surface area contributed by atoms with Crippen LogP contribution in [0, 0.1) is 10.1 Å².